The highest BCUT2D eigenvalue weighted by molar-refractivity contribution is 5.73. The number of aryl methyl sites for hydroxylation is 1. The van der Waals surface area contributed by atoms with E-state index in [4.69, 9.17) is 4.52 Å². The van der Waals surface area contributed by atoms with Gasteiger partial charge in [0.25, 0.3) is 0 Å². The molecule has 1 N–H and O–H groups in total. The van der Waals surface area contributed by atoms with Crippen LogP contribution in [0.4, 0.5) is 4.79 Å². The zero-order chi connectivity index (χ0) is 13.7. The van der Waals surface area contributed by atoms with Crippen LogP contribution in [-0.4, -0.2) is 28.1 Å². The number of urea groups is 1. The summed E-state index contributed by atoms with van der Waals surface area (Å²) in [6, 6.07) is 5.38. The van der Waals surface area contributed by atoms with E-state index in [1.807, 2.05) is 25.1 Å². The summed E-state index contributed by atoms with van der Waals surface area (Å²) in [5, 5.41) is 6.68. The first-order chi connectivity index (χ1) is 9.15. The summed E-state index contributed by atoms with van der Waals surface area (Å²) < 4.78 is 4.96. The summed E-state index contributed by atoms with van der Waals surface area (Å²) in [4.78, 5) is 17.3. The van der Waals surface area contributed by atoms with Crippen LogP contribution in [0.3, 0.4) is 0 Å². The molecule has 0 unspecified atom stereocenters. The molecule has 19 heavy (non-hydrogen) atoms. The lowest BCUT2D eigenvalue weighted by molar-refractivity contribution is 0.205. The molecule has 0 saturated carbocycles. The summed E-state index contributed by atoms with van der Waals surface area (Å²) in [7, 11) is 1.71. The molecule has 0 saturated heterocycles. The standard InChI is InChI=1S/C13H16N4O2/c1-10-7-12(16-19-10)9-17(2)13(18)15-8-11-3-5-14-6-4-11/h3-7H,8-9H2,1-2H3,(H,15,18). The Bertz CT molecular complexity index is 539. The molecule has 0 aliphatic rings. The van der Waals surface area contributed by atoms with Crippen LogP contribution in [0.15, 0.2) is 35.1 Å². The predicted octanol–water partition coefficient (Wildman–Crippen LogP) is 1.72. The van der Waals surface area contributed by atoms with E-state index < -0.39 is 0 Å². The Morgan fingerprint density at radius 1 is 1.42 bits per heavy atom. The average Bonchev–Trinajstić information content (AvgIpc) is 2.82. The molecule has 2 rings (SSSR count). The van der Waals surface area contributed by atoms with Gasteiger partial charge in [0.1, 0.15) is 11.5 Å². The lowest BCUT2D eigenvalue weighted by atomic mass is 10.3. The van der Waals surface area contributed by atoms with E-state index in [1.165, 1.54) is 0 Å². The Morgan fingerprint density at radius 3 is 2.79 bits per heavy atom. The third-order valence-corrected chi connectivity index (χ3v) is 2.62. The molecule has 0 spiro atoms. The second-order valence-electron chi connectivity index (χ2n) is 4.30. The van der Waals surface area contributed by atoms with Crippen molar-refractivity contribution in [1.82, 2.24) is 20.4 Å². The number of carbonyl (C=O) groups excluding carboxylic acids is 1. The van der Waals surface area contributed by atoms with Crippen LogP contribution in [0.2, 0.25) is 0 Å². The lowest BCUT2D eigenvalue weighted by Crippen LogP contribution is -2.36. The minimum absolute atomic E-state index is 0.155. The van der Waals surface area contributed by atoms with E-state index in [0.717, 1.165) is 17.0 Å². The van der Waals surface area contributed by atoms with Crippen molar-refractivity contribution >= 4 is 6.03 Å². The number of aromatic nitrogens is 2. The van der Waals surface area contributed by atoms with Gasteiger partial charge in [0, 0.05) is 32.1 Å². The summed E-state index contributed by atoms with van der Waals surface area (Å²) in [6.45, 7) is 2.71. The fourth-order valence-electron chi connectivity index (χ4n) is 1.62. The summed E-state index contributed by atoms with van der Waals surface area (Å²) in [6.07, 6.45) is 3.40. The zero-order valence-electron chi connectivity index (χ0n) is 11.0. The van der Waals surface area contributed by atoms with Crippen molar-refractivity contribution in [2.75, 3.05) is 7.05 Å². The third-order valence-electron chi connectivity index (χ3n) is 2.62. The number of nitrogens with one attached hydrogen (secondary N) is 1. The van der Waals surface area contributed by atoms with Crippen LogP contribution in [0, 0.1) is 6.92 Å². The molecular formula is C13H16N4O2. The third kappa shape index (κ3) is 3.80. The van der Waals surface area contributed by atoms with Crippen LogP contribution >= 0.6 is 0 Å². The molecule has 0 aliphatic heterocycles. The molecule has 0 aromatic carbocycles. The number of hydrogen-bond donors (Lipinski definition) is 1. The van der Waals surface area contributed by atoms with E-state index in [9.17, 15) is 4.79 Å². The zero-order valence-corrected chi connectivity index (χ0v) is 11.0. The fraction of sp³-hybridized carbons (Fsp3) is 0.308. The molecule has 2 heterocycles. The number of hydrogen-bond acceptors (Lipinski definition) is 4. The van der Waals surface area contributed by atoms with Gasteiger partial charge in [0.2, 0.25) is 0 Å². The topological polar surface area (TPSA) is 71.3 Å². The van der Waals surface area contributed by atoms with E-state index in [0.29, 0.717) is 13.1 Å². The van der Waals surface area contributed by atoms with E-state index in [-0.39, 0.29) is 6.03 Å². The molecule has 2 aromatic heterocycles. The summed E-state index contributed by atoms with van der Waals surface area (Å²) in [5.74, 6) is 0.737. The molecule has 100 valence electrons. The van der Waals surface area contributed by atoms with Gasteiger partial charge in [-0.25, -0.2) is 4.79 Å². The maximum absolute atomic E-state index is 11.9. The van der Waals surface area contributed by atoms with Crippen molar-refractivity contribution in [3.63, 3.8) is 0 Å². The quantitative estimate of drug-likeness (QED) is 0.908. The summed E-state index contributed by atoms with van der Waals surface area (Å²) >= 11 is 0. The molecular weight excluding hydrogens is 244 g/mol. The van der Waals surface area contributed by atoms with Gasteiger partial charge in [-0.15, -0.1) is 0 Å². The van der Waals surface area contributed by atoms with Gasteiger partial charge in [-0.2, -0.15) is 0 Å². The Morgan fingerprint density at radius 2 is 2.16 bits per heavy atom. The second-order valence-corrected chi connectivity index (χ2v) is 4.30. The number of pyridine rings is 1. The van der Waals surface area contributed by atoms with E-state index in [1.54, 1.807) is 24.3 Å². The Balaban J connectivity index is 1.82. The molecule has 6 nitrogen and oxygen atoms in total. The van der Waals surface area contributed by atoms with Crippen LogP contribution in [0.1, 0.15) is 17.0 Å². The van der Waals surface area contributed by atoms with Gasteiger partial charge in [-0.05, 0) is 24.6 Å². The van der Waals surface area contributed by atoms with Gasteiger partial charge >= 0.3 is 6.03 Å². The number of rotatable bonds is 4. The second kappa shape index (κ2) is 5.99. The van der Waals surface area contributed by atoms with Crippen molar-refractivity contribution < 1.29 is 9.32 Å². The van der Waals surface area contributed by atoms with Crippen LogP contribution in [0.5, 0.6) is 0 Å². The highest BCUT2D eigenvalue weighted by Crippen LogP contribution is 2.04. The maximum Gasteiger partial charge on any atom is 0.317 e. The smallest absolute Gasteiger partial charge is 0.317 e. The average molecular weight is 260 g/mol. The Kier molecular flexibility index (Phi) is 4.12. The minimum Gasteiger partial charge on any atom is -0.361 e. The Labute approximate surface area is 111 Å². The number of nitrogens with zero attached hydrogens (tertiary/aromatic N) is 3. The first-order valence-corrected chi connectivity index (χ1v) is 5.95. The number of amides is 2. The van der Waals surface area contributed by atoms with Gasteiger partial charge in [0.05, 0.1) is 6.54 Å². The lowest BCUT2D eigenvalue weighted by Gasteiger charge is -2.16. The monoisotopic (exact) mass is 260 g/mol. The van der Waals surface area contributed by atoms with E-state index >= 15 is 0 Å². The first-order valence-electron chi connectivity index (χ1n) is 5.95. The first kappa shape index (κ1) is 13.1. The maximum atomic E-state index is 11.9. The van der Waals surface area contributed by atoms with Crippen LogP contribution in [0.25, 0.3) is 0 Å². The molecule has 0 bridgehead atoms. The molecule has 0 atom stereocenters. The van der Waals surface area contributed by atoms with Crippen molar-refractivity contribution in [2.24, 2.45) is 0 Å². The van der Waals surface area contributed by atoms with Gasteiger partial charge < -0.3 is 14.7 Å². The summed E-state index contributed by atoms with van der Waals surface area (Å²) in [5.41, 5.74) is 1.74. The molecule has 6 heteroatoms. The predicted molar refractivity (Wildman–Crippen MR) is 69.2 cm³/mol. The molecule has 0 aliphatic carbocycles. The fourth-order valence-corrected chi connectivity index (χ4v) is 1.62. The molecule has 0 radical (unpaired) electrons. The van der Waals surface area contributed by atoms with Gasteiger partial charge in [-0.3, -0.25) is 4.98 Å². The van der Waals surface area contributed by atoms with Crippen molar-refractivity contribution in [3.8, 4) is 0 Å². The molecule has 2 amide bonds. The van der Waals surface area contributed by atoms with Gasteiger partial charge in [0.15, 0.2) is 0 Å². The SMILES string of the molecule is Cc1cc(CN(C)C(=O)NCc2ccncc2)no1. The van der Waals surface area contributed by atoms with Crippen LogP contribution in [-0.2, 0) is 13.1 Å². The highest BCUT2D eigenvalue weighted by Gasteiger charge is 2.10. The van der Waals surface area contributed by atoms with Crippen molar-refractivity contribution in [1.29, 1.82) is 0 Å². The minimum atomic E-state index is -0.155. The van der Waals surface area contributed by atoms with Crippen molar-refractivity contribution in [3.05, 3.63) is 47.6 Å². The van der Waals surface area contributed by atoms with Crippen LogP contribution < -0.4 is 5.32 Å². The Hall–Kier alpha value is -2.37. The molecule has 0 fully saturated rings. The largest absolute Gasteiger partial charge is 0.361 e. The highest BCUT2D eigenvalue weighted by atomic mass is 16.5. The van der Waals surface area contributed by atoms with E-state index in [2.05, 4.69) is 15.5 Å². The number of carbonyl (C=O) groups is 1. The molecule has 2 aromatic rings. The van der Waals surface area contributed by atoms with Crippen molar-refractivity contribution in [2.45, 2.75) is 20.0 Å². The van der Waals surface area contributed by atoms with Gasteiger partial charge in [-0.1, -0.05) is 5.16 Å². The normalized spacial score (nSPS) is 10.2.